The number of carbonyl (C=O) groups is 2. The van der Waals surface area contributed by atoms with E-state index in [1.54, 1.807) is 12.5 Å². The van der Waals surface area contributed by atoms with Gasteiger partial charge in [0.1, 0.15) is 12.7 Å². The molecule has 6 atom stereocenters. The Hall–Kier alpha value is -2.08. The van der Waals surface area contributed by atoms with E-state index in [1.807, 2.05) is 12.1 Å². The molecule has 0 amide bonds. The van der Waals surface area contributed by atoms with Crippen LogP contribution in [-0.4, -0.2) is 29.8 Å². The highest BCUT2D eigenvalue weighted by Gasteiger charge is 2.67. The molecule has 1 aromatic heterocycles. The van der Waals surface area contributed by atoms with Gasteiger partial charge in [-0.05, 0) is 37.2 Å². The molecule has 138 valence electrons. The van der Waals surface area contributed by atoms with Crippen molar-refractivity contribution in [1.82, 2.24) is 0 Å². The second kappa shape index (κ2) is 5.22. The summed E-state index contributed by atoms with van der Waals surface area (Å²) in [6.45, 7) is 2.37. The van der Waals surface area contributed by atoms with Crippen LogP contribution in [0, 0.1) is 22.7 Å². The molecule has 4 aliphatic rings. The van der Waals surface area contributed by atoms with Gasteiger partial charge in [-0.1, -0.05) is 13.0 Å². The van der Waals surface area contributed by atoms with E-state index in [2.05, 4.69) is 6.92 Å². The maximum atomic E-state index is 12.8. The number of hydrogen-bond acceptors (Lipinski definition) is 6. The molecule has 6 heteroatoms. The highest BCUT2D eigenvalue weighted by atomic mass is 16.5. The third kappa shape index (κ3) is 1.91. The van der Waals surface area contributed by atoms with Crippen molar-refractivity contribution < 1.29 is 28.6 Å². The summed E-state index contributed by atoms with van der Waals surface area (Å²) in [5.41, 5.74) is 0.574. The Morgan fingerprint density at radius 3 is 2.92 bits per heavy atom. The lowest BCUT2D eigenvalue weighted by Crippen LogP contribution is -2.60. The quantitative estimate of drug-likeness (QED) is 0.777. The Balaban J connectivity index is 1.60. The molecule has 1 N–H and O–H groups in total. The molecule has 0 aromatic carbocycles. The van der Waals surface area contributed by atoms with Crippen molar-refractivity contribution in [1.29, 1.82) is 0 Å². The predicted octanol–water partition coefficient (Wildman–Crippen LogP) is 2.53. The number of carbonyl (C=O) groups excluding carboxylic acids is 2. The molecule has 2 aliphatic carbocycles. The van der Waals surface area contributed by atoms with E-state index in [-0.39, 0.29) is 23.8 Å². The maximum Gasteiger partial charge on any atom is 0.334 e. The van der Waals surface area contributed by atoms with Crippen LogP contribution in [0.1, 0.15) is 44.3 Å². The zero-order valence-corrected chi connectivity index (χ0v) is 14.6. The number of fused-ring (bicyclic) bond motifs is 2. The van der Waals surface area contributed by atoms with Gasteiger partial charge in [-0.2, -0.15) is 0 Å². The second-order valence-corrected chi connectivity index (χ2v) is 8.41. The van der Waals surface area contributed by atoms with Crippen molar-refractivity contribution in [3.8, 4) is 0 Å². The molecule has 1 spiro atoms. The van der Waals surface area contributed by atoms with E-state index in [0.29, 0.717) is 37.9 Å². The Morgan fingerprint density at radius 1 is 1.31 bits per heavy atom. The number of rotatable bonds is 1. The van der Waals surface area contributed by atoms with Crippen molar-refractivity contribution in [3.05, 3.63) is 35.8 Å². The normalized spacial score (nSPS) is 44.3. The number of aliphatic hydroxyl groups excluding tert-OH is 1. The van der Waals surface area contributed by atoms with Crippen LogP contribution in [0.4, 0.5) is 0 Å². The number of esters is 2. The number of hydrogen-bond donors (Lipinski definition) is 1. The van der Waals surface area contributed by atoms with E-state index in [1.165, 1.54) is 0 Å². The fraction of sp³-hybridized carbons (Fsp3) is 0.600. The molecule has 2 aliphatic heterocycles. The van der Waals surface area contributed by atoms with Crippen LogP contribution in [0.2, 0.25) is 0 Å². The second-order valence-electron chi connectivity index (χ2n) is 8.41. The maximum absolute atomic E-state index is 12.8. The summed E-state index contributed by atoms with van der Waals surface area (Å²) in [5, 5.41) is 11.0. The molecule has 1 saturated carbocycles. The van der Waals surface area contributed by atoms with Crippen LogP contribution in [0.15, 0.2) is 34.7 Å². The Bertz CT molecular complexity index is 795. The molecule has 3 heterocycles. The van der Waals surface area contributed by atoms with Gasteiger partial charge in [-0.25, -0.2) is 4.79 Å². The van der Waals surface area contributed by atoms with E-state index >= 15 is 0 Å². The van der Waals surface area contributed by atoms with Gasteiger partial charge in [0.25, 0.3) is 0 Å². The van der Waals surface area contributed by atoms with Gasteiger partial charge in [0, 0.05) is 22.5 Å². The summed E-state index contributed by atoms with van der Waals surface area (Å²) in [6.07, 6.45) is 6.36. The van der Waals surface area contributed by atoms with Gasteiger partial charge in [-0.3, -0.25) is 4.79 Å². The first-order valence-corrected chi connectivity index (χ1v) is 9.24. The van der Waals surface area contributed by atoms with Gasteiger partial charge in [-0.15, -0.1) is 0 Å². The van der Waals surface area contributed by atoms with Crippen molar-refractivity contribution in [2.45, 2.75) is 44.8 Å². The predicted molar refractivity (Wildman–Crippen MR) is 88.6 cm³/mol. The van der Waals surface area contributed by atoms with Crippen molar-refractivity contribution >= 4 is 11.9 Å². The van der Waals surface area contributed by atoms with Crippen LogP contribution in [0.25, 0.3) is 0 Å². The number of ether oxygens (including phenoxy) is 2. The van der Waals surface area contributed by atoms with E-state index in [9.17, 15) is 14.7 Å². The largest absolute Gasteiger partial charge is 0.472 e. The first-order chi connectivity index (χ1) is 12.5. The molecule has 1 aromatic rings. The van der Waals surface area contributed by atoms with Crippen LogP contribution >= 0.6 is 0 Å². The molecule has 0 radical (unpaired) electrons. The van der Waals surface area contributed by atoms with Crippen LogP contribution < -0.4 is 0 Å². The highest BCUT2D eigenvalue weighted by Crippen LogP contribution is 2.66. The molecule has 3 fully saturated rings. The average molecular weight is 358 g/mol. The third-order valence-electron chi connectivity index (χ3n) is 7.23. The SMILES string of the molecule is C[C@]12C[C@H](c3ccoc3)OC(=O)[C@@H]1CC[C@@]13COC(=O)C1=CC[C@H](O)[C@@H]32. The number of aliphatic hydroxyl groups is 1. The minimum absolute atomic E-state index is 0.206. The highest BCUT2D eigenvalue weighted by molar-refractivity contribution is 5.93. The monoisotopic (exact) mass is 358 g/mol. The average Bonchev–Trinajstić information content (AvgIpc) is 3.23. The van der Waals surface area contributed by atoms with E-state index in [0.717, 1.165) is 5.56 Å². The number of furan rings is 1. The van der Waals surface area contributed by atoms with Gasteiger partial charge in [0.05, 0.1) is 24.5 Å². The van der Waals surface area contributed by atoms with E-state index < -0.39 is 23.0 Å². The fourth-order valence-electron chi connectivity index (χ4n) is 6.19. The topological polar surface area (TPSA) is 86.0 Å². The minimum Gasteiger partial charge on any atom is -0.472 e. The van der Waals surface area contributed by atoms with Gasteiger partial charge in [0.15, 0.2) is 0 Å². The van der Waals surface area contributed by atoms with Gasteiger partial charge < -0.3 is 19.0 Å². The molecule has 0 bridgehead atoms. The lowest BCUT2D eigenvalue weighted by molar-refractivity contribution is -0.201. The Labute approximate surface area is 151 Å². The first-order valence-electron chi connectivity index (χ1n) is 9.24. The van der Waals surface area contributed by atoms with Crippen LogP contribution in [0.5, 0.6) is 0 Å². The molecular weight excluding hydrogens is 336 g/mol. The molecular formula is C20H22O6. The summed E-state index contributed by atoms with van der Waals surface area (Å²) in [7, 11) is 0. The summed E-state index contributed by atoms with van der Waals surface area (Å²) < 4.78 is 16.3. The van der Waals surface area contributed by atoms with Gasteiger partial charge in [0.2, 0.25) is 0 Å². The Kier molecular flexibility index (Phi) is 3.24. The Morgan fingerprint density at radius 2 is 2.15 bits per heavy atom. The zero-order valence-electron chi connectivity index (χ0n) is 14.6. The molecule has 0 unspecified atom stereocenters. The standard InChI is InChI=1S/C20H22O6/c1-19-8-15(11-5-7-24-9-11)26-18(23)12(19)4-6-20-10-25-17(22)13(20)2-3-14(21)16(19)20/h2,5,7,9,12,14-16,21H,3-4,6,8,10H2,1H3/t12-,14-,15+,16+,19-,20+/m0/s1. The molecule has 2 saturated heterocycles. The lowest BCUT2D eigenvalue weighted by Gasteiger charge is -2.59. The van der Waals surface area contributed by atoms with Crippen molar-refractivity contribution in [2.75, 3.05) is 6.61 Å². The summed E-state index contributed by atoms with van der Waals surface area (Å²) >= 11 is 0. The van der Waals surface area contributed by atoms with Gasteiger partial charge >= 0.3 is 11.9 Å². The van der Waals surface area contributed by atoms with Crippen LogP contribution in [0.3, 0.4) is 0 Å². The molecule has 6 nitrogen and oxygen atoms in total. The van der Waals surface area contributed by atoms with Crippen LogP contribution in [-0.2, 0) is 19.1 Å². The summed E-state index contributed by atoms with van der Waals surface area (Å²) in [6, 6.07) is 1.81. The third-order valence-corrected chi connectivity index (χ3v) is 7.23. The summed E-state index contributed by atoms with van der Waals surface area (Å²) in [5.74, 6) is -0.963. The van der Waals surface area contributed by atoms with Crippen molar-refractivity contribution in [3.63, 3.8) is 0 Å². The minimum atomic E-state index is -0.600. The zero-order chi connectivity index (χ0) is 18.1. The van der Waals surface area contributed by atoms with E-state index in [4.69, 9.17) is 13.9 Å². The lowest BCUT2D eigenvalue weighted by atomic mass is 9.45. The van der Waals surface area contributed by atoms with Crippen molar-refractivity contribution in [2.24, 2.45) is 22.7 Å². The fourth-order valence-corrected chi connectivity index (χ4v) is 6.19. The summed E-state index contributed by atoms with van der Waals surface area (Å²) in [4.78, 5) is 25.1. The smallest absolute Gasteiger partial charge is 0.334 e. The molecule has 5 rings (SSSR count). The first kappa shape index (κ1) is 16.1. The number of cyclic esters (lactones) is 2. The molecule has 26 heavy (non-hydrogen) atoms.